The number of aliphatic hydroxyl groups is 1. The summed E-state index contributed by atoms with van der Waals surface area (Å²) < 4.78 is 0. The maximum Gasteiger partial charge on any atom is 0.228 e. The van der Waals surface area contributed by atoms with E-state index in [-0.39, 0.29) is 18.4 Å². The van der Waals surface area contributed by atoms with Gasteiger partial charge in [0.25, 0.3) is 0 Å². The molecule has 1 atom stereocenters. The highest BCUT2D eigenvalue weighted by Crippen LogP contribution is 2.14. The monoisotopic (exact) mass is 234 g/mol. The first-order chi connectivity index (χ1) is 8.29. The summed E-state index contributed by atoms with van der Waals surface area (Å²) in [7, 11) is 0. The van der Waals surface area contributed by atoms with E-state index in [9.17, 15) is 4.79 Å². The molecule has 3 N–H and O–H groups in total. The van der Waals surface area contributed by atoms with Gasteiger partial charge in [-0.05, 0) is 37.1 Å². The number of hydrogen-bond donors (Lipinski definition) is 3. The van der Waals surface area contributed by atoms with Crippen molar-refractivity contribution < 1.29 is 9.90 Å². The van der Waals surface area contributed by atoms with Crippen LogP contribution < -0.4 is 10.6 Å². The summed E-state index contributed by atoms with van der Waals surface area (Å²) in [5.74, 6) is 0.178. The summed E-state index contributed by atoms with van der Waals surface area (Å²) in [5.41, 5.74) is 1.90. The average molecular weight is 234 g/mol. The molecule has 1 aliphatic rings. The maximum absolute atomic E-state index is 11.8. The van der Waals surface area contributed by atoms with Gasteiger partial charge in [0.2, 0.25) is 5.91 Å². The normalized spacial score (nSPS) is 19.2. The van der Waals surface area contributed by atoms with E-state index in [0.717, 1.165) is 30.8 Å². The lowest BCUT2D eigenvalue weighted by Gasteiger charge is -2.10. The first-order valence-corrected chi connectivity index (χ1v) is 6.01. The number of carbonyl (C=O) groups is 1. The topological polar surface area (TPSA) is 61.4 Å². The smallest absolute Gasteiger partial charge is 0.228 e. The van der Waals surface area contributed by atoms with Crippen molar-refractivity contribution in [2.45, 2.75) is 12.8 Å². The van der Waals surface area contributed by atoms with Gasteiger partial charge in [0.1, 0.15) is 0 Å². The Morgan fingerprint density at radius 1 is 1.41 bits per heavy atom. The second kappa shape index (κ2) is 5.80. The molecule has 1 aromatic rings. The summed E-state index contributed by atoms with van der Waals surface area (Å²) in [6.07, 6.45) is 1.56. The van der Waals surface area contributed by atoms with Crippen LogP contribution in [0.25, 0.3) is 0 Å². The fourth-order valence-electron chi connectivity index (χ4n) is 2.01. The third kappa shape index (κ3) is 3.28. The fourth-order valence-corrected chi connectivity index (χ4v) is 2.01. The highest BCUT2D eigenvalue weighted by Gasteiger charge is 2.22. The molecule has 17 heavy (non-hydrogen) atoms. The van der Waals surface area contributed by atoms with Gasteiger partial charge in [-0.1, -0.05) is 12.1 Å². The molecule has 0 spiro atoms. The van der Waals surface area contributed by atoms with Crippen LogP contribution in [0.15, 0.2) is 24.3 Å². The highest BCUT2D eigenvalue weighted by molar-refractivity contribution is 5.92. The van der Waals surface area contributed by atoms with Gasteiger partial charge in [0, 0.05) is 18.8 Å². The van der Waals surface area contributed by atoms with Crippen LogP contribution in [-0.2, 0) is 11.2 Å². The number of nitrogens with one attached hydrogen (secondary N) is 2. The molecule has 4 nitrogen and oxygen atoms in total. The highest BCUT2D eigenvalue weighted by atomic mass is 16.2. The van der Waals surface area contributed by atoms with Crippen molar-refractivity contribution in [2.75, 3.05) is 25.0 Å². The maximum atomic E-state index is 11.8. The Bertz CT molecular complexity index is 370. The first kappa shape index (κ1) is 12.1. The molecule has 0 radical (unpaired) electrons. The van der Waals surface area contributed by atoms with Crippen molar-refractivity contribution >= 4 is 11.6 Å². The van der Waals surface area contributed by atoms with Crippen LogP contribution in [0.4, 0.5) is 5.69 Å². The lowest BCUT2D eigenvalue weighted by atomic mass is 10.1. The Kier molecular flexibility index (Phi) is 4.12. The number of amides is 1. The predicted octanol–water partition coefficient (Wildman–Crippen LogP) is 0.769. The number of hydrogen-bond acceptors (Lipinski definition) is 3. The molecule has 4 heteroatoms. The third-order valence-electron chi connectivity index (χ3n) is 3.05. The predicted molar refractivity (Wildman–Crippen MR) is 66.8 cm³/mol. The van der Waals surface area contributed by atoms with E-state index in [1.54, 1.807) is 0 Å². The number of carbonyl (C=O) groups excluding carboxylic acids is 1. The van der Waals surface area contributed by atoms with Crippen molar-refractivity contribution in [3.05, 3.63) is 29.8 Å². The Labute approximate surface area is 101 Å². The molecule has 0 bridgehead atoms. The summed E-state index contributed by atoms with van der Waals surface area (Å²) in [5, 5.41) is 14.9. The molecule has 1 amide bonds. The lowest BCUT2D eigenvalue weighted by Crippen LogP contribution is -2.24. The zero-order valence-corrected chi connectivity index (χ0v) is 9.78. The van der Waals surface area contributed by atoms with Gasteiger partial charge in [-0.2, -0.15) is 0 Å². The standard InChI is InChI=1S/C13H18N2O2/c16-8-6-10-1-3-12(4-2-10)15-13(17)11-5-7-14-9-11/h1-4,11,14,16H,5-9H2,(H,15,17). The van der Waals surface area contributed by atoms with E-state index >= 15 is 0 Å². The van der Waals surface area contributed by atoms with Crippen molar-refractivity contribution in [3.63, 3.8) is 0 Å². The van der Waals surface area contributed by atoms with Crippen LogP contribution >= 0.6 is 0 Å². The van der Waals surface area contributed by atoms with Crippen molar-refractivity contribution in [3.8, 4) is 0 Å². The van der Waals surface area contributed by atoms with Crippen LogP contribution in [0.1, 0.15) is 12.0 Å². The quantitative estimate of drug-likeness (QED) is 0.721. The molecular formula is C13H18N2O2. The Morgan fingerprint density at radius 3 is 2.76 bits per heavy atom. The van der Waals surface area contributed by atoms with Gasteiger partial charge in [-0.3, -0.25) is 4.79 Å². The van der Waals surface area contributed by atoms with Crippen molar-refractivity contribution in [1.82, 2.24) is 5.32 Å². The third-order valence-corrected chi connectivity index (χ3v) is 3.05. The molecule has 92 valence electrons. The van der Waals surface area contributed by atoms with E-state index in [0.29, 0.717) is 6.42 Å². The number of benzene rings is 1. The molecule has 1 aliphatic heterocycles. The van der Waals surface area contributed by atoms with Gasteiger partial charge < -0.3 is 15.7 Å². The van der Waals surface area contributed by atoms with E-state index < -0.39 is 0 Å². The number of rotatable bonds is 4. The Balaban J connectivity index is 1.91. The molecule has 1 aromatic carbocycles. The minimum atomic E-state index is 0.0879. The largest absolute Gasteiger partial charge is 0.396 e. The summed E-state index contributed by atoms with van der Waals surface area (Å²) in [4.78, 5) is 11.8. The van der Waals surface area contributed by atoms with Gasteiger partial charge in [-0.25, -0.2) is 0 Å². The van der Waals surface area contributed by atoms with Gasteiger partial charge in [0.15, 0.2) is 0 Å². The molecule has 1 heterocycles. The molecular weight excluding hydrogens is 216 g/mol. The molecule has 2 rings (SSSR count). The lowest BCUT2D eigenvalue weighted by molar-refractivity contribution is -0.119. The zero-order chi connectivity index (χ0) is 12.1. The van der Waals surface area contributed by atoms with E-state index in [2.05, 4.69) is 10.6 Å². The minimum Gasteiger partial charge on any atom is -0.396 e. The molecule has 1 fully saturated rings. The minimum absolute atomic E-state index is 0.0879. The molecule has 0 aliphatic carbocycles. The number of anilines is 1. The Hall–Kier alpha value is -1.39. The second-order valence-electron chi connectivity index (χ2n) is 4.35. The second-order valence-corrected chi connectivity index (χ2v) is 4.35. The summed E-state index contributed by atoms with van der Waals surface area (Å²) >= 11 is 0. The van der Waals surface area contributed by atoms with Crippen LogP contribution in [0.2, 0.25) is 0 Å². The molecule has 1 saturated heterocycles. The van der Waals surface area contributed by atoms with E-state index in [1.807, 2.05) is 24.3 Å². The van der Waals surface area contributed by atoms with Gasteiger partial charge in [0.05, 0.1) is 5.92 Å². The van der Waals surface area contributed by atoms with Gasteiger partial charge >= 0.3 is 0 Å². The Morgan fingerprint density at radius 2 is 2.18 bits per heavy atom. The van der Waals surface area contributed by atoms with E-state index in [4.69, 9.17) is 5.11 Å². The van der Waals surface area contributed by atoms with E-state index in [1.165, 1.54) is 0 Å². The number of aliphatic hydroxyl groups excluding tert-OH is 1. The zero-order valence-electron chi connectivity index (χ0n) is 9.78. The fraction of sp³-hybridized carbons (Fsp3) is 0.462. The van der Waals surface area contributed by atoms with Crippen LogP contribution in [0.5, 0.6) is 0 Å². The summed E-state index contributed by atoms with van der Waals surface area (Å²) in [6, 6.07) is 7.62. The molecule has 0 aromatic heterocycles. The summed E-state index contributed by atoms with van der Waals surface area (Å²) in [6.45, 7) is 1.85. The van der Waals surface area contributed by atoms with Gasteiger partial charge in [-0.15, -0.1) is 0 Å². The van der Waals surface area contributed by atoms with Crippen LogP contribution in [0, 0.1) is 5.92 Å². The average Bonchev–Trinajstić information content (AvgIpc) is 2.86. The van der Waals surface area contributed by atoms with Crippen molar-refractivity contribution in [2.24, 2.45) is 5.92 Å². The van der Waals surface area contributed by atoms with Crippen LogP contribution in [0.3, 0.4) is 0 Å². The molecule has 0 saturated carbocycles. The molecule has 1 unspecified atom stereocenters. The SMILES string of the molecule is O=C(Nc1ccc(CCO)cc1)C1CCNC1. The van der Waals surface area contributed by atoms with Crippen LogP contribution in [-0.4, -0.2) is 30.7 Å². The van der Waals surface area contributed by atoms with Crippen molar-refractivity contribution in [1.29, 1.82) is 0 Å². The first-order valence-electron chi connectivity index (χ1n) is 6.01.